The predicted octanol–water partition coefficient (Wildman–Crippen LogP) is 2.78. The first-order valence-corrected chi connectivity index (χ1v) is 8.90. The summed E-state index contributed by atoms with van der Waals surface area (Å²) in [7, 11) is 0. The van der Waals surface area contributed by atoms with Gasteiger partial charge in [-0.25, -0.2) is 9.67 Å². The van der Waals surface area contributed by atoms with Gasteiger partial charge in [-0.05, 0) is 60.1 Å². The SMILES string of the molecule is Cc1cc(C)n(-c2ccc(C(=O)NNC(=O)c3ccc(Br)s3)cn2)n1. The summed E-state index contributed by atoms with van der Waals surface area (Å²) < 4.78 is 2.54. The molecule has 7 nitrogen and oxygen atoms in total. The van der Waals surface area contributed by atoms with Crippen molar-refractivity contribution in [2.24, 2.45) is 0 Å². The fourth-order valence-corrected chi connectivity index (χ4v) is 3.47. The molecule has 3 aromatic heterocycles. The van der Waals surface area contributed by atoms with Crippen LogP contribution in [0, 0.1) is 13.8 Å². The summed E-state index contributed by atoms with van der Waals surface area (Å²) in [6.07, 6.45) is 1.44. The molecule has 0 saturated carbocycles. The van der Waals surface area contributed by atoms with Crippen LogP contribution in [-0.2, 0) is 0 Å². The summed E-state index contributed by atoms with van der Waals surface area (Å²) in [6.45, 7) is 3.83. The van der Waals surface area contributed by atoms with E-state index >= 15 is 0 Å². The minimum Gasteiger partial charge on any atom is -0.267 e. The molecule has 0 saturated heterocycles. The molecule has 0 atom stereocenters. The summed E-state index contributed by atoms with van der Waals surface area (Å²) in [6, 6.07) is 8.71. The Balaban J connectivity index is 1.65. The van der Waals surface area contributed by atoms with E-state index in [-0.39, 0.29) is 5.91 Å². The van der Waals surface area contributed by atoms with Gasteiger partial charge in [0.25, 0.3) is 11.8 Å². The van der Waals surface area contributed by atoms with Gasteiger partial charge in [-0.3, -0.25) is 20.4 Å². The Labute approximate surface area is 156 Å². The number of hydrazine groups is 1. The van der Waals surface area contributed by atoms with Crippen molar-refractivity contribution in [1.82, 2.24) is 25.6 Å². The van der Waals surface area contributed by atoms with E-state index in [0.29, 0.717) is 16.3 Å². The van der Waals surface area contributed by atoms with Gasteiger partial charge in [0.2, 0.25) is 0 Å². The van der Waals surface area contributed by atoms with E-state index in [9.17, 15) is 9.59 Å². The number of pyridine rings is 1. The molecule has 0 aromatic carbocycles. The predicted molar refractivity (Wildman–Crippen MR) is 97.8 cm³/mol. The Morgan fingerprint density at radius 1 is 1.12 bits per heavy atom. The van der Waals surface area contributed by atoms with Crippen LogP contribution in [0.1, 0.15) is 31.4 Å². The van der Waals surface area contributed by atoms with Crippen LogP contribution in [0.2, 0.25) is 0 Å². The topological polar surface area (TPSA) is 88.9 Å². The molecular weight excluding hydrogens is 406 g/mol. The zero-order valence-electron chi connectivity index (χ0n) is 13.4. The number of aromatic nitrogens is 3. The molecule has 3 rings (SSSR count). The molecule has 3 aromatic rings. The van der Waals surface area contributed by atoms with E-state index in [1.54, 1.807) is 28.9 Å². The van der Waals surface area contributed by atoms with Crippen LogP contribution in [0.25, 0.3) is 5.82 Å². The number of rotatable bonds is 3. The summed E-state index contributed by atoms with van der Waals surface area (Å²) in [5.74, 6) is -0.206. The molecule has 9 heteroatoms. The molecule has 0 aliphatic carbocycles. The number of carbonyl (C=O) groups is 2. The van der Waals surface area contributed by atoms with Crippen molar-refractivity contribution in [2.45, 2.75) is 13.8 Å². The number of nitrogens with one attached hydrogen (secondary N) is 2. The average Bonchev–Trinajstić information content (AvgIpc) is 3.17. The highest BCUT2D eigenvalue weighted by Gasteiger charge is 2.12. The molecule has 0 spiro atoms. The number of amides is 2. The molecule has 0 aliphatic rings. The Hall–Kier alpha value is -2.52. The highest BCUT2D eigenvalue weighted by Crippen LogP contribution is 2.21. The van der Waals surface area contributed by atoms with Crippen LogP contribution in [-0.4, -0.2) is 26.6 Å². The average molecular weight is 420 g/mol. The maximum atomic E-state index is 12.1. The molecule has 3 heterocycles. The minimum atomic E-state index is -0.448. The van der Waals surface area contributed by atoms with Crippen LogP contribution in [0.3, 0.4) is 0 Å². The van der Waals surface area contributed by atoms with Crippen LogP contribution in [0.5, 0.6) is 0 Å². The highest BCUT2D eigenvalue weighted by atomic mass is 79.9. The number of aryl methyl sites for hydroxylation is 2. The smallest absolute Gasteiger partial charge is 0.267 e. The van der Waals surface area contributed by atoms with Gasteiger partial charge in [0.15, 0.2) is 5.82 Å². The van der Waals surface area contributed by atoms with E-state index in [1.165, 1.54) is 17.5 Å². The Kier molecular flexibility index (Phi) is 4.95. The fourth-order valence-electron chi connectivity index (χ4n) is 2.19. The molecule has 0 unspecified atom stereocenters. The van der Waals surface area contributed by atoms with E-state index in [1.807, 2.05) is 19.9 Å². The normalized spacial score (nSPS) is 10.5. The van der Waals surface area contributed by atoms with Crippen LogP contribution >= 0.6 is 27.3 Å². The molecule has 2 N–H and O–H groups in total. The van der Waals surface area contributed by atoms with Crippen molar-refractivity contribution < 1.29 is 9.59 Å². The zero-order valence-corrected chi connectivity index (χ0v) is 15.8. The molecule has 0 aliphatic heterocycles. The third kappa shape index (κ3) is 3.94. The van der Waals surface area contributed by atoms with Gasteiger partial charge in [0, 0.05) is 11.9 Å². The molecule has 0 fully saturated rings. The number of hydrogen-bond acceptors (Lipinski definition) is 5. The number of nitrogens with zero attached hydrogens (tertiary/aromatic N) is 3. The number of carbonyl (C=O) groups excluding carboxylic acids is 2. The summed E-state index contributed by atoms with van der Waals surface area (Å²) in [5, 5.41) is 4.34. The van der Waals surface area contributed by atoms with E-state index in [4.69, 9.17) is 0 Å². The summed E-state index contributed by atoms with van der Waals surface area (Å²) in [4.78, 5) is 28.8. The Bertz CT molecular complexity index is 932. The summed E-state index contributed by atoms with van der Waals surface area (Å²) >= 11 is 4.56. The first kappa shape index (κ1) is 17.3. The molecule has 0 bridgehead atoms. The van der Waals surface area contributed by atoms with Gasteiger partial charge in [-0.15, -0.1) is 11.3 Å². The minimum absolute atomic E-state index is 0.331. The van der Waals surface area contributed by atoms with Crippen LogP contribution in [0.15, 0.2) is 40.3 Å². The second-order valence-corrected chi connectivity index (χ2v) is 7.72. The largest absolute Gasteiger partial charge is 0.279 e. The molecule has 0 radical (unpaired) electrons. The Morgan fingerprint density at radius 3 is 2.44 bits per heavy atom. The van der Waals surface area contributed by atoms with Crippen molar-refractivity contribution in [1.29, 1.82) is 0 Å². The summed E-state index contributed by atoms with van der Waals surface area (Å²) in [5.41, 5.74) is 6.93. The number of halogens is 1. The van der Waals surface area contributed by atoms with E-state index in [2.05, 4.69) is 36.9 Å². The molecule has 128 valence electrons. The second-order valence-electron chi connectivity index (χ2n) is 5.26. The number of hydrogen-bond donors (Lipinski definition) is 2. The van der Waals surface area contributed by atoms with Crippen molar-refractivity contribution in [3.8, 4) is 5.82 Å². The zero-order chi connectivity index (χ0) is 18.0. The first-order valence-electron chi connectivity index (χ1n) is 7.30. The standard InChI is InChI=1S/C16H14BrN5O2S/c1-9-7-10(2)22(21-9)14-6-3-11(8-18-14)15(23)19-20-16(24)12-4-5-13(17)25-12/h3-8H,1-2H3,(H,19,23)(H,20,24). The van der Waals surface area contributed by atoms with Crippen molar-refractivity contribution in [2.75, 3.05) is 0 Å². The lowest BCUT2D eigenvalue weighted by atomic mass is 10.2. The maximum absolute atomic E-state index is 12.1. The van der Waals surface area contributed by atoms with Gasteiger partial charge in [0.05, 0.1) is 19.9 Å². The van der Waals surface area contributed by atoms with Gasteiger partial charge >= 0.3 is 0 Å². The quantitative estimate of drug-likeness (QED) is 0.638. The molecule has 25 heavy (non-hydrogen) atoms. The lowest BCUT2D eigenvalue weighted by Gasteiger charge is -2.07. The maximum Gasteiger partial charge on any atom is 0.279 e. The van der Waals surface area contributed by atoms with Gasteiger partial charge in [-0.2, -0.15) is 5.10 Å². The molecule has 2 amide bonds. The third-order valence-electron chi connectivity index (χ3n) is 3.32. The second kappa shape index (κ2) is 7.16. The van der Waals surface area contributed by atoms with E-state index in [0.717, 1.165) is 15.2 Å². The highest BCUT2D eigenvalue weighted by molar-refractivity contribution is 9.11. The monoisotopic (exact) mass is 419 g/mol. The van der Waals surface area contributed by atoms with Crippen molar-refractivity contribution in [3.05, 3.63) is 62.1 Å². The van der Waals surface area contributed by atoms with Gasteiger partial charge in [0.1, 0.15) is 0 Å². The lowest BCUT2D eigenvalue weighted by molar-refractivity contribution is 0.0848. The van der Waals surface area contributed by atoms with Crippen LogP contribution < -0.4 is 10.9 Å². The molecular formula is C16H14BrN5O2S. The third-order valence-corrected chi connectivity index (χ3v) is 4.95. The number of thiophene rings is 1. The van der Waals surface area contributed by atoms with Crippen molar-refractivity contribution in [3.63, 3.8) is 0 Å². The van der Waals surface area contributed by atoms with Crippen LogP contribution in [0.4, 0.5) is 0 Å². The lowest BCUT2D eigenvalue weighted by Crippen LogP contribution is -2.41. The fraction of sp³-hybridized carbons (Fsp3) is 0.125. The van der Waals surface area contributed by atoms with Gasteiger partial charge < -0.3 is 0 Å². The van der Waals surface area contributed by atoms with E-state index < -0.39 is 5.91 Å². The first-order chi connectivity index (χ1) is 11.9. The van der Waals surface area contributed by atoms with Crippen molar-refractivity contribution >= 4 is 39.1 Å². The van der Waals surface area contributed by atoms with Gasteiger partial charge in [-0.1, -0.05) is 0 Å². The Morgan fingerprint density at radius 2 is 1.88 bits per heavy atom.